The van der Waals surface area contributed by atoms with Crippen LogP contribution >= 0.6 is 0 Å². The summed E-state index contributed by atoms with van der Waals surface area (Å²) in [6, 6.07) is -0.319. The number of likely N-dealkylation sites (tertiary alicyclic amines) is 1. The van der Waals surface area contributed by atoms with Crippen LogP contribution in [0.1, 0.15) is 40.0 Å². The van der Waals surface area contributed by atoms with Crippen molar-refractivity contribution >= 4 is 11.8 Å². The van der Waals surface area contributed by atoms with Gasteiger partial charge in [0.1, 0.15) is 5.54 Å². The summed E-state index contributed by atoms with van der Waals surface area (Å²) in [5.41, 5.74) is -0.585. The Balaban J connectivity index is 1.82. The van der Waals surface area contributed by atoms with E-state index in [1.54, 1.807) is 0 Å². The van der Waals surface area contributed by atoms with Crippen LogP contribution < -0.4 is 0 Å². The zero-order valence-electron chi connectivity index (χ0n) is 14.5. The Hall–Kier alpha value is -0.980. The molecule has 3 aliphatic rings. The smallest absolute Gasteiger partial charge is 0.252 e. The number of carbonyl (C=O) groups is 2. The maximum absolute atomic E-state index is 13.1. The summed E-state index contributed by atoms with van der Waals surface area (Å²) < 4.78 is 0. The van der Waals surface area contributed by atoms with Crippen LogP contribution in [-0.2, 0) is 9.59 Å². The molecule has 0 bridgehead atoms. The van der Waals surface area contributed by atoms with Crippen molar-refractivity contribution in [3.05, 3.63) is 0 Å². The van der Waals surface area contributed by atoms with E-state index in [1.165, 1.54) is 4.90 Å². The minimum atomic E-state index is -0.585. The number of rotatable bonds is 5. The van der Waals surface area contributed by atoms with E-state index in [-0.39, 0.29) is 17.9 Å². The molecule has 3 heterocycles. The molecule has 130 valence electrons. The molecule has 3 aliphatic heterocycles. The normalized spacial score (nSPS) is 31.1. The molecule has 1 spiro atoms. The second-order valence-corrected chi connectivity index (χ2v) is 7.80. The third-order valence-electron chi connectivity index (χ3n) is 5.35. The summed E-state index contributed by atoms with van der Waals surface area (Å²) >= 11 is 0. The van der Waals surface area contributed by atoms with Gasteiger partial charge in [-0.2, -0.15) is 0 Å². The quantitative estimate of drug-likeness (QED) is 0.737. The molecule has 0 saturated carbocycles. The average Bonchev–Trinajstić information content (AvgIpc) is 2.83. The van der Waals surface area contributed by atoms with E-state index in [1.807, 2.05) is 4.90 Å². The van der Waals surface area contributed by atoms with Gasteiger partial charge in [0, 0.05) is 32.7 Å². The van der Waals surface area contributed by atoms with Crippen molar-refractivity contribution in [1.29, 1.82) is 0 Å². The van der Waals surface area contributed by atoms with Gasteiger partial charge >= 0.3 is 0 Å². The van der Waals surface area contributed by atoms with Crippen molar-refractivity contribution in [2.75, 3.05) is 32.7 Å². The lowest BCUT2D eigenvalue weighted by Crippen LogP contribution is -2.81. The molecule has 0 aromatic rings. The molecule has 0 aromatic carbocycles. The monoisotopic (exact) mass is 323 g/mol. The molecule has 2 amide bonds. The fourth-order valence-electron chi connectivity index (χ4n) is 4.36. The lowest BCUT2D eigenvalue weighted by Gasteiger charge is -2.59. The number of hydrogen-bond acceptors (Lipinski definition) is 5. The van der Waals surface area contributed by atoms with Gasteiger partial charge in [-0.15, -0.1) is 0 Å². The largest absolute Gasteiger partial charge is 0.392 e. The minimum absolute atomic E-state index is 0.0405. The van der Waals surface area contributed by atoms with Crippen LogP contribution in [0.2, 0.25) is 0 Å². The number of hydrogen-bond donors (Lipinski definition) is 1. The van der Waals surface area contributed by atoms with E-state index in [0.29, 0.717) is 38.5 Å². The Labute approximate surface area is 138 Å². The summed E-state index contributed by atoms with van der Waals surface area (Å²) in [5, 5.41) is 10.1. The lowest BCUT2D eigenvalue weighted by atomic mass is 9.82. The predicted molar refractivity (Wildman–Crippen MR) is 86.8 cm³/mol. The van der Waals surface area contributed by atoms with Gasteiger partial charge in [-0.05, 0) is 18.8 Å². The van der Waals surface area contributed by atoms with Crippen LogP contribution in [0.5, 0.6) is 0 Å². The number of fused-ring (bicyclic) bond motifs is 2. The first-order valence-corrected chi connectivity index (χ1v) is 8.92. The van der Waals surface area contributed by atoms with Gasteiger partial charge in [-0.1, -0.05) is 27.2 Å². The third kappa shape index (κ3) is 2.71. The molecule has 0 radical (unpaired) electrons. The number of carbonyl (C=O) groups excluding carboxylic acids is 2. The third-order valence-corrected chi connectivity index (χ3v) is 5.35. The highest BCUT2D eigenvalue weighted by Crippen LogP contribution is 2.40. The standard InChI is InChI=1S/C17H29N3O3/c1-4-5-6-19-15(22)14-7-13(21)9-20(14)17(16(19)23)10-18(11-17)8-12(2)3/h12-14,21H,4-11H2,1-3H3. The van der Waals surface area contributed by atoms with Gasteiger partial charge in [0.2, 0.25) is 5.91 Å². The highest BCUT2D eigenvalue weighted by atomic mass is 16.3. The Bertz CT molecular complexity index is 487. The lowest BCUT2D eigenvalue weighted by molar-refractivity contribution is -0.180. The zero-order chi connectivity index (χ0) is 16.8. The van der Waals surface area contributed by atoms with Crippen molar-refractivity contribution < 1.29 is 14.7 Å². The van der Waals surface area contributed by atoms with Crippen LogP contribution in [-0.4, -0.2) is 82.0 Å². The summed E-state index contributed by atoms with van der Waals surface area (Å²) in [4.78, 5) is 31.5. The van der Waals surface area contributed by atoms with Crippen LogP contribution in [0.4, 0.5) is 0 Å². The minimum Gasteiger partial charge on any atom is -0.392 e. The number of aliphatic hydroxyl groups is 1. The van der Waals surface area contributed by atoms with E-state index in [9.17, 15) is 14.7 Å². The van der Waals surface area contributed by atoms with Gasteiger partial charge in [0.05, 0.1) is 12.1 Å². The summed E-state index contributed by atoms with van der Waals surface area (Å²) in [5.74, 6) is 0.415. The zero-order valence-corrected chi connectivity index (χ0v) is 14.5. The number of β-amino-alcohol motifs (C(OH)–C–C–N with tert-alkyl or cyclic N) is 1. The van der Waals surface area contributed by atoms with Crippen LogP contribution in [0.25, 0.3) is 0 Å². The molecule has 1 N–H and O–H groups in total. The van der Waals surface area contributed by atoms with Gasteiger partial charge in [0.15, 0.2) is 0 Å². The second-order valence-electron chi connectivity index (χ2n) is 7.80. The van der Waals surface area contributed by atoms with Gasteiger partial charge in [-0.3, -0.25) is 24.3 Å². The number of imide groups is 1. The molecule has 0 aliphatic carbocycles. The highest BCUT2D eigenvalue weighted by molar-refractivity contribution is 6.06. The van der Waals surface area contributed by atoms with Crippen molar-refractivity contribution in [3.8, 4) is 0 Å². The molecule has 2 atom stereocenters. The van der Waals surface area contributed by atoms with Crippen LogP contribution in [0, 0.1) is 5.92 Å². The van der Waals surface area contributed by atoms with E-state index < -0.39 is 11.6 Å². The molecular weight excluding hydrogens is 294 g/mol. The number of unbranched alkanes of at least 4 members (excludes halogenated alkanes) is 1. The molecule has 2 unspecified atom stereocenters. The fraction of sp³-hybridized carbons (Fsp3) is 0.882. The highest BCUT2D eigenvalue weighted by Gasteiger charge is 2.63. The maximum Gasteiger partial charge on any atom is 0.252 e. The van der Waals surface area contributed by atoms with Crippen molar-refractivity contribution in [2.24, 2.45) is 5.92 Å². The molecule has 3 rings (SSSR count). The van der Waals surface area contributed by atoms with E-state index in [0.717, 1.165) is 19.4 Å². The molecule has 3 saturated heterocycles. The molecule has 6 nitrogen and oxygen atoms in total. The first-order valence-electron chi connectivity index (χ1n) is 8.92. The Morgan fingerprint density at radius 1 is 1.30 bits per heavy atom. The number of aliphatic hydroxyl groups excluding tert-OH is 1. The van der Waals surface area contributed by atoms with Crippen LogP contribution in [0.15, 0.2) is 0 Å². The Morgan fingerprint density at radius 3 is 2.61 bits per heavy atom. The molecule has 6 heteroatoms. The van der Waals surface area contributed by atoms with Crippen molar-refractivity contribution in [3.63, 3.8) is 0 Å². The van der Waals surface area contributed by atoms with Crippen molar-refractivity contribution in [2.45, 2.75) is 57.7 Å². The Morgan fingerprint density at radius 2 is 2.00 bits per heavy atom. The van der Waals surface area contributed by atoms with Crippen LogP contribution in [0.3, 0.4) is 0 Å². The van der Waals surface area contributed by atoms with E-state index in [4.69, 9.17) is 0 Å². The predicted octanol–water partition coefficient (Wildman–Crippen LogP) is 0.301. The van der Waals surface area contributed by atoms with E-state index >= 15 is 0 Å². The Kier molecular flexibility index (Phi) is 4.51. The summed E-state index contributed by atoms with van der Waals surface area (Å²) in [6.45, 7) is 9.71. The van der Waals surface area contributed by atoms with Gasteiger partial charge in [-0.25, -0.2) is 0 Å². The van der Waals surface area contributed by atoms with Crippen molar-refractivity contribution in [1.82, 2.24) is 14.7 Å². The average molecular weight is 323 g/mol. The second kappa shape index (κ2) is 6.15. The number of piperazine rings is 1. The summed E-state index contributed by atoms with van der Waals surface area (Å²) in [7, 11) is 0. The number of amides is 2. The molecule has 3 fully saturated rings. The molecule has 0 aromatic heterocycles. The first-order chi connectivity index (χ1) is 10.9. The summed E-state index contributed by atoms with van der Waals surface area (Å²) in [6.07, 6.45) is 1.76. The molecular formula is C17H29N3O3. The molecule has 23 heavy (non-hydrogen) atoms. The topological polar surface area (TPSA) is 64.1 Å². The first kappa shape index (κ1) is 16.9. The van der Waals surface area contributed by atoms with Gasteiger partial charge in [0.25, 0.3) is 5.91 Å². The van der Waals surface area contributed by atoms with Gasteiger partial charge < -0.3 is 5.11 Å². The SMILES string of the molecule is CCCCN1C(=O)C2CC(O)CN2C2(CN(CC(C)C)C2)C1=O. The maximum atomic E-state index is 13.1. The number of nitrogens with zero attached hydrogens (tertiary/aromatic N) is 3. The fourth-order valence-corrected chi connectivity index (χ4v) is 4.36. The van der Waals surface area contributed by atoms with E-state index in [2.05, 4.69) is 25.7 Å².